The predicted octanol–water partition coefficient (Wildman–Crippen LogP) is 4.35. The summed E-state index contributed by atoms with van der Waals surface area (Å²) in [5.74, 6) is 1.31. The number of carbonyl (C=O) groups is 1. The molecule has 0 aromatic heterocycles. The molecular weight excluding hydrogens is 212 g/mol. The minimum Gasteiger partial charge on any atom is -0.459 e. The lowest BCUT2D eigenvalue weighted by Crippen LogP contribution is -2.08. The molecule has 0 N–H and O–H groups in total. The third kappa shape index (κ3) is 11.5. The molecule has 0 bridgehead atoms. The van der Waals surface area contributed by atoms with Crippen molar-refractivity contribution < 1.29 is 9.53 Å². The number of allylic oxidation sites excluding steroid dienone is 1. The van der Waals surface area contributed by atoms with Gasteiger partial charge in [-0.05, 0) is 31.3 Å². The first kappa shape index (κ1) is 16.2. The fourth-order valence-electron chi connectivity index (χ4n) is 1.80. The smallest absolute Gasteiger partial charge is 0.303 e. The Labute approximate surface area is 106 Å². The first-order valence-electron chi connectivity index (χ1n) is 6.75. The minimum absolute atomic E-state index is 0.102. The first-order valence-corrected chi connectivity index (χ1v) is 6.75. The molecule has 0 aliphatic heterocycles. The molecule has 17 heavy (non-hydrogen) atoms. The summed E-state index contributed by atoms with van der Waals surface area (Å²) < 4.78 is 5.02. The standard InChI is InChI=1S/C15H28O2/c1-12(2)8-6-9-13(3)10-7-11-14(4)17-15(5)16/h7,11-14H,6,8-10H2,1-5H3/t13-,14-/m1/s1. The molecule has 0 aromatic carbocycles. The second-order valence-corrected chi connectivity index (χ2v) is 5.41. The zero-order valence-corrected chi connectivity index (χ0v) is 12.0. The van der Waals surface area contributed by atoms with Crippen LogP contribution in [0.4, 0.5) is 0 Å². The second-order valence-electron chi connectivity index (χ2n) is 5.41. The Bertz CT molecular complexity index is 231. The molecule has 0 heterocycles. The van der Waals surface area contributed by atoms with Crippen LogP contribution < -0.4 is 0 Å². The summed E-state index contributed by atoms with van der Waals surface area (Å²) in [6, 6.07) is 0. The average Bonchev–Trinajstić information content (AvgIpc) is 2.15. The topological polar surface area (TPSA) is 26.3 Å². The van der Waals surface area contributed by atoms with Crippen molar-refractivity contribution in [3.8, 4) is 0 Å². The molecule has 2 nitrogen and oxygen atoms in total. The Kier molecular flexibility index (Phi) is 8.83. The summed E-state index contributed by atoms with van der Waals surface area (Å²) in [7, 11) is 0. The molecule has 0 rings (SSSR count). The molecule has 0 fully saturated rings. The molecule has 0 saturated carbocycles. The normalized spacial score (nSPS) is 15.2. The highest BCUT2D eigenvalue weighted by atomic mass is 16.5. The van der Waals surface area contributed by atoms with Crippen LogP contribution in [0, 0.1) is 11.8 Å². The summed E-state index contributed by atoms with van der Waals surface area (Å²) in [4.78, 5) is 10.7. The number of hydrogen-bond acceptors (Lipinski definition) is 2. The van der Waals surface area contributed by atoms with Crippen LogP contribution in [0.2, 0.25) is 0 Å². The Morgan fingerprint density at radius 1 is 1.18 bits per heavy atom. The highest BCUT2D eigenvalue weighted by Crippen LogP contribution is 2.15. The van der Waals surface area contributed by atoms with Gasteiger partial charge in [-0.1, -0.05) is 46.1 Å². The summed E-state index contributed by atoms with van der Waals surface area (Å²) in [6.45, 7) is 10.2. The van der Waals surface area contributed by atoms with E-state index in [1.54, 1.807) is 0 Å². The van der Waals surface area contributed by atoms with Crippen molar-refractivity contribution in [2.75, 3.05) is 0 Å². The molecule has 2 heteroatoms. The van der Waals surface area contributed by atoms with Crippen LogP contribution in [0.3, 0.4) is 0 Å². The monoisotopic (exact) mass is 240 g/mol. The van der Waals surface area contributed by atoms with Crippen LogP contribution in [-0.4, -0.2) is 12.1 Å². The zero-order valence-electron chi connectivity index (χ0n) is 12.0. The SMILES string of the molecule is CC(=O)O[C@H](C)C=CC[C@H](C)CCCC(C)C. The summed E-state index contributed by atoms with van der Waals surface area (Å²) in [5, 5.41) is 0. The second kappa shape index (κ2) is 9.26. The van der Waals surface area contributed by atoms with E-state index < -0.39 is 0 Å². The largest absolute Gasteiger partial charge is 0.459 e. The Morgan fingerprint density at radius 2 is 1.82 bits per heavy atom. The molecule has 0 aromatic rings. The van der Waals surface area contributed by atoms with Gasteiger partial charge in [-0.25, -0.2) is 0 Å². The van der Waals surface area contributed by atoms with Crippen molar-refractivity contribution in [3.63, 3.8) is 0 Å². The first-order chi connectivity index (χ1) is 7.91. The fraction of sp³-hybridized carbons (Fsp3) is 0.800. The lowest BCUT2D eigenvalue weighted by atomic mass is 9.97. The van der Waals surface area contributed by atoms with Crippen LogP contribution in [-0.2, 0) is 9.53 Å². The average molecular weight is 240 g/mol. The Hall–Kier alpha value is -0.790. The van der Waals surface area contributed by atoms with Crippen molar-refractivity contribution in [2.45, 2.75) is 66.4 Å². The van der Waals surface area contributed by atoms with Gasteiger partial charge in [0.25, 0.3) is 0 Å². The molecule has 0 spiro atoms. The van der Waals surface area contributed by atoms with E-state index in [2.05, 4.69) is 26.8 Å². The molecule has 2 atom stereocenters. The lowest BCUT2D eigenvalue weighted by Gasteiger charge is -2.10. The molecule has 0 saturated heterocycles. The van der Waals surface area contributed by atoms with Crippen LogP contribution in [0.25, 0.3) is 0 Å². The van der Waals surface area contributed by atoms with Gasteiger partial charge in [0.15, 0.2) is 0 Å². The van der Waals surface area contributed by atoms with E-state index in [4.69, 9.17) is 4.74 Å². The highest BCUT2D eigenvalue weighted by molar-refractivity contribution is 5.66. The van der Waals surface area contributed by atoms with E-state index in [-0.39, 0.29) is 12.1 Å². The van der Waals surface area contributed by atoms with Crippen molar-refractivity contribution in [1.82, 2.24) is 0 Å². The lowest BCUT2D eigenvalue weighted by molar-refractivity contribution is -0.143. The van der Waals surface area contributed by atoms with E-state index in [1.807, 2.05) is 13.0 Å². The molecule has 0 amide bonds. The third-order valence-electron chi connectivity index (χ3n) is 2.78. The maximum absolute atomic E-state index is 10.7. The van der Waals surface area contributed by atoms with Crippen molar-refractivity contribution in [2.24, 2.45) is 11.8 Å². The zero-order chi connectivity index (χ0) is 13.3. The maximum Gasteiger partial charge on any atom is 0.303 e. The maximum atomic E-state index is 10.7. The van der Waals surface area contributed by atoms with Gasteiger partial charge in [-0.2, -0.15) is 0 Å². The Morgan fingerprint density at radius 3 is 2.35 bits per heavy atom. The van der Waals surface area contributed by atoms with Gasteiger partial charge >= 0.3 is 5.97 Å². The van der Waals surface area contributed by atoms with Crippen LogP contribution >= 0.6 is 0 Å². The van der Waals surface area contributed by atoms with Crippen molar-refractivity contribution >= 4 is 5.97 Å². The molecular formula is C15H28O2. The van der Waals surface area contributed by atoms with Crippen molar-refractivity contribution in [3.05, 3.63) is 12.2 Å². The summed E-state index contributed by atoms with van der Waals surface area (Å²) in [5.41, 5.74) is 0. The van der Waals surface area contributed by atoms with E-state index in [0.717, 1.165) is 18.3 Å². The van der Waals surface area contributed by atoms with E-state index >= 15 is 0 Å². The third-order valence-corrected chi connectivity index (χ3v) is 2.78. The van der Waals surface area contributed by atoms with E-state index in [1.165, 1.54) is 26.2 Å². The van der Waals surface area contributed by atoms with Crippen LogP contribution in [0.15, 0.2) is 12.2 Å². The van der Waals surface area contributed by atoms with Gasteiger partial charge in [0.2, 0.25) is 0 Å². The number of hydrogen-bond donors (Lipinski definition) is 0. The molecule has 0 aliphatic rings. The Balaban J connectivity index is 3.64. The molecule has 0 radical (unpaired) electrons. The number of ether oxygens (including phenoxy) is 1. The summed E-state index contributed by atoms with van der Waals surface area (Å²) in [6.07, 6.45) is 8.99. The van der Waals surface area contributed by atoms with Crippen LogP contribution in [0.1, 0.15) is 60.3 Å². The van der Waals surface area contributed by atoms with Gasteiger partial charge in [0.05, 0.1) is 0 Å². The van der Waals surface area contributed by atoms with Gasteiger partial charge in [-0.15, -0.1) is 0 Å². The number of esters is 1. The molecule has 100 valence electrons. The van der Waals surface area contributed by atoms with Gasteiger partial charge in [0, 0.05) is 6.92 Å². The van der Waals surface area contributed by atoms with Gasteiger partial charge in [0.1, 0.15) is 6.10 Å². The minimum atomic E-state index is -0.216. The molecule has 0 unspecified atom stereocenters. The summed E-state index contributed by atoms with van der Waals surface area (Å²) >= 11 is 0. The number of carbonyl (C=O) groups excluding carboxylic acids is 1. The fourth-order valence-corrected chi connectivity index (χ4v) is 1.80. The van der Waals surface area contributed by atoms with Crippen molar-refractivity contribution in [1.29, 1.82) is 0 Å². The quantitative estimate of drug-likeness (QED) is 0.466. The van der Waals surface area contributed by atoms with E-state index in [0.29, 0.717) is 0 Å². The van der Waals surface area contributed by atoms with Gasteiger partial charge in [-0.3, -0.25) is 4.79 Å². The van der Waals surface area contributed by atoms with E-state index in [9.17, 15) is 4.79 Å². The highest BCUT2D eigenvalue weighted by Gasteiger charge is 2.03. The van der Waals surface area contributed by atoms with Crippen LogP contribution in [0.5, 0.6) is 0 Å². The number of rotatable bonds is 8. The van der Waals surface area contributed by atoms with Gasteiger partial charge < -0.3 is 4.74 Å². The molecule has 0 aliphatic carbocycles. The predicted molar refractivity (Wildman–Crippen MR) is 72.8 cm³/mol.